The number of aromatic nitrogens is 2. The normalized spacial score (nSPS) is 23.0. The van der Waals surface area contributed by atoms with Crippen LogP contribution in [-0.4, -0.2) is 70.0 Å². The first-order chi connectivity index (χ1) is 16.6. The van der Waals surface area contributed by atoms with Crippen LogP contribution in [0.1, 0.15) is 75.7 Å². The van der Waals surface area contributed by atoms with E-state index in [-0.39, 0.29) is 24.2 Å². The van der Waals surface area contributed by atoms with Crippen molar-refractivity contribution >= 4 is 33.6 Å². The zero-order chi connectivity index (χ0) is 25.3. The first kappa shape index (κ1) is 25.6. The van der Waals surface area contributed by atoms with E-state index in [1.807, 2.05) is 20.8 Å². The van der Waals surface area contributed by atoms with Gasteiger partial charge in [-0.1, -0.05) is 0 Å². The van der Waals surface area contributed by atoms with Crippen molar-refractivity contribution in [2.45, 2.75) is 95.5 Å². The van der Waals surface area contributed by atoms with Crippen LogP contribution in [0.15, 0.2) is 6.33 Å². The summed E-state index contributed by atoms with van der Waals surface area (Å²) >= 11 is 1.63. The second kappa shape index (κ2) is 10.3. The Morgan fingerprint density at radius 1 is 1.20 bits per heavy atom. The van der Waals surface area contributed by atoms with Crippen LogP contribution in [0.25, 0.3) is 10.2 Å². The molecule has 10 heteroatoms. The standard InChI is InChI=1S/C25H35N3O6S/c1-25(2,3)34-24(31)28(4)15-7-9-16(10-8-15)33-21-20-19-14(12-17(29)23(30)32-5)6-11-18(19)35-22(20)27-13-26-21/h13-17,29H,6-12H2,1-5H3. The molecule has 35 heavy (non-hydrogen) atoms. The van der Waals surface area contributed by atoms with Crippen LogP contribution in [0.4, 0.5) is 4.79 Å². The van der Waals surface area contributed by atoms with Crippen molar-refractivity contribution in [2.75, 3.05) is 14.2 Å². The van der Waals surface area contributed by atoms with E-state index in [1.54, 1.807) is 23.3 Å². The first-order valence-corrected chi connectivity index (χ1v) is 13.0. The van der Waals surface area contributed by atoms with Crippen molar-refractivity contribution in [3.05, 3.63) is 16.8 Å². The molecule has 192 valence electrons. The summed E-state index contributed by atoms with van der Waals surface area (Å²) in [5, 5.41) is 11.1. The van der Waals surface area contributed by atoms with Gasteiger partial charge in [-0.15, -0.1) is 11.3 Å². The van der Waals surface area contributed by atoms with E-state index in [4.69, 9.17) is 14.2 Å². The molecular formula is C25H35N3O6S. The molecule has 1 amide bonds. The van der Waals surface area contributed by atoms with Gasteiger partial charge in [0.1, 0.15) is 22.9 Å². The molecule has 0 bridgehead atoms. The Kier molecular flexibility index (Phi) is 7.51. The number of ether oxygens (including phenoxy) is 3. The Balaban J connectivity index is 1.45. The topological polar surface area (TPSA) is 111 Å². The molecule has 1 N–H and O–H groups in total. The van der Waals surface area contributed by atoms with Crippen LogP contribution in [0.3, 0.4) is 0 Å². The molecule has 2 unspecified atom stereocenters. The number of fused-ring (bicyclic) bond motifs is 3. The van der Waals surface area contributed by atoms with Gasteiger partial charge in [0.05, 0.1) is 12.5 Å². The molecule has 2 aromatic heterocycles. The Bertz CT molecular complexity index is 1070. The molecule has 0 aromatic carbocycles. The van der Waals surface area contributed by atoms with Crippen molar-refractivity contribution in [1.29, 1.82) is 0 Å². The minimum atomic E-state index is -1.16. The largest absolute Gasteiger partial charge is 0.474 e. The van der Waals surface area contributed by atoms with Gasteiger partial charge in [0.15, 0.2) is 6.10 Å². The fourth-order valence-electron chi connectivity index (χ4n) is 5.06. The zero-order valence-corrected chi connectivity index (χ0v) is 21.9. The summed E-state index contributed by atoms with van der Waals surface area (Å²) in [6.45, 7) is 5.61. The van der Waals surface area contributed by atoms with E-state index in [0.29, 0.717) is 12.3 Å². The lowest BCUT2D eigenvalue weighted by Gasteiger charge is -2.35. The fourth-order valence-corrected chi connectivity index (χ4v) is 6.29. The van der Waals surface area contributed by atoms with Gasteiger partial charge < -0.3 is 24.2 Å². The predicted molar refractivity (Wildman–Crippen MR) is 132 cm³/mol. The van der Waals surface area contributed by atoms with E-state index in [2.05, 4.69) is 9.97 Å². The fraction of sp³-hybridized carbons (Fsp3) is 0.680. The third-order valence-electron chi connectivity index (χ3n) is 6.83. The van der Waals surface area contributed by atoms with Gasteiger partial charge in [-0.25, -0.2) is 19.6 Å². The van der Waals surface area contributed by atoms with Crippen molar-refractivity contribution in [3.8, 4) is 5.88 Å². The molecule has 2 atom stereocenters. The van der Waals surface area contributed by atoms with E-state index in [9.17, 15) is 14.7 Å². The van der Waals surface area contributed by atoms with Gasteiger partial charge in [0.25, 0.3) is 0 Å². The highest BCUT2D eigenvalue weighted by molar-refractivity contribution is 7.19. The number of carbonyl (C=O) groups is 2. The molecule has 1 saturated carbocycles. The minimum Gasteiger partial charge on any atom is -0.474 e. The second-order valence-electron chi connectivity index (χ2n) is 10.4. The van der Waals surface area contributed by atoms with E-state index < -0.39 is 17.7 Å². The summed E-state index contributed by atoms with van der Waals surface area (Å²) in [6.07, 6.45) is 5.39. The number of rotatable bonds is 6. The van der Waals surface area contributed by atoms with Gasteiger partial charge in [0.2, 0.25) is 5.88 Å². The van der Waals surface area contributed by atoms with Crippen LogP contribution < -0.4 is 4.74 Å². The number of aryl methyl sites for hydroxylation is 1. The number of esters is 1. The predicted octanol–water partition coefficient (Wildman–Crippen LogP) is 4.20. The number of hydrogen-bond donors (Lipinski definition) is 1. The maximum atomic E-state index is 12.4. The molecule has 2 aliphatic rings. The highest BCUT2D eigenvalue weighted by atomic mass is 32.1. The van der Waals surface area contributed by atoms with Crippen LogP contribution in [-0.2, 0) is 20.7 Å². The molecule has 0 saturated heterocycles. The van der Waals surface area contributed by atoms with Crippen molar-refractivity contribution in [3.63, 3.8) is 0 Å². The monoisotopic (exact) mass is 505 g/mol. The Morgan fingerprint density at radius 3 is 2.57 bits per heavy atom. The third kappa shape index (κ3) is 5.69. The molecule has 4 rings (SSSR count). The van der Waals surface area contributed by atoms with Gasteiger partial charge in [-0.3, -0.25) is 0 Å². The van der Waals surface area contributed by atoms with Gasteiger partial charge in [0, 0.05) is 18.0 Å². The summed E-state index contributed by atoms with van der Waals surface area (Å²) in [4.78, 5) is 36.9. The molecule has 1 fully saturated rings. The molecule has 0 aliphatic heterocycles. The zero-order valence-electron chi connectivity index (χ0n) is 21.1. The second-order valence-corrected chi connectivity index (χ2v) is 11.5. The van der Waals surface area contributed by atoms with Crippen LogP contribution >= 0.6 is 11.3 Å². The highest BCUT2D eigenvalue weighted by Gasteiger charge is 2.35. The Labute approximate surface area is 209 Å². The van der Waals surface area contributed by atoms with Crippen LogP contribution in [0.2, 0.25) is 0 Å². The number of hydrogen-bond acceptors (Lipinski definition) is 9. The van der Waals surface area contributed by atoms with E-state index >= 15 is 0 Å². The SMILES string of the molecule is COC(=O)C(O)CC1CCc2sc3ncnc(OC4CCC(N(C)C(=O)OC(C)(C)C)CC4)c3c21. The third-order valence-corrected chi connectivity index (χ3v) is 8.00. The summed E-state index contributed by atoms with van der Waals surface area (Å²) < 4.78 is 16.6. The summed E-state index contributed by atoms with van der Waals surface area (Å²) in [7, 11) is 3.08. The van der Waals surface area contributed by atoms with Crippen molar-refractivity contribution in [2.24, 2.45) is 0 Å². The number of methoxy groups -OCH3 is 1. The van der Waals surface area contributed by atoms with E-state index in [1.165, 1.54) is 18.3 Å². The molecule has 2 heterocycles. The van der Waals surface area contributed by atoms with Crippen LogP contribution in [0, 0.1) is 0 Å². The number of thiophene rings is 1. The van der Waals surface area contributed by atoms with Gasteiger partial charge in [-0.2, -0.15) is 0 Å². The smallest absolute Gasteiger partial charge is 0.410 e. The number of aliphatic hydroxyl groups is 1. The first-order valence-electron chi connectivity index (χ1n) is 12.2. The maximum Gasteiger partial charge on any atom is 0.410 e. The van der Waals surface area contributed by atoms with Crippen molar-refractivity contribution in [1.82, 2.24) is 14.9 Å². The lowest BCUT2D eigenvalue weighted by molar-refractivity contribution is -0.150. The average Bonchev–Trinajstić information content (AvgIpc) is 3.37. The van der Waals surface area contributed by atoms with Crippen LogP contribution in [0.5, 0.6) is 5.88 Å². The summed E-state index contributed by atoms with van der Waals surface area (Å²) in [6, 6.07) is 0.115. The highest BCUT2D eigenvalue weighted by Crippen LogP contribution is 2.47. The molecule has 2 aromatic rings. The minimum absolute atomic E-state index is 0.00699. The molecule has 0 radical (unpaired) electrons. The number of amides is 1. The Hall–Kier alpha value is -2.46. The number of nitrogens with zero attached hydrogens (tertiary/aromatic N) is 3. The lowest BCUT2D eigenvalue weighted by atomic mass is 9.92. The lowest BCUT2D eigenvalue weighted by Crippen LogP contribution is -2.43. The maximum absolute atomic E-state index is 12.4. The Morgan fingerprint density at radius 2 is 1.91 bits per heavy atom. The van der Waals surface area contributed by atoms with Crippen molar-refractivity contribution < 1.29 is 28.9 Å². The molecular weight excluding hydrogens is 470 g/mol. The molecule has 0 spiro atoms. The summed E-state index contributed by atoms with van der Waals surface area (Å²) in [5.41, 5.74) is 0.581. The number of carbonyl (C=O) groups excluding carboxylic acids is 2. The molecule has 9 nitrogen and oxygen atoms in total. The number of aliphatic hydroxyl groups excluding tert-OH is 1. The quantitative estimate of drug-likeness (QED) is 0.582. The molecule has 2 aliphatic carbocycles. The van der Waals surface area contributed by atoms with E-state index in [0.717, 1.165) is 54.3 Å². The van der Waals surface area contributed by atoms with Gasteiger partial charge in [-0.05, 0) is 77.2 Å². The summed E-state index contributed by atoms with van der Waals surface area (Å²) in [5.74, 6) is -0.0193. The average molecular weight is 506 g/mol. The van der Waals surface area contributed by atoms with Gasteiger partial charge >= 0.3 is 12.1 Å².